The Kier molecular flexibility index (Phi) is 3.18. The molecule has 4 aliphatic heterocycles. The first-order valence-electron chi connectivity index (χ1n) is 9.08. The third kappa shape index (κ3) is 2.19. The van der Waals surface area contributed by atoms with E-state index in [2.05, 4.69) is 24.1 Å². The molecule has 3 atom stereocenters. The predicted octanol–water partition coefficient (Wildman–Crippen LogP) is 2.44. The van der Waals surface area contributed by atoms with Crippen molar-refractivity contribution in [1.82, 2.24) is 4.90 Å². The van der Waals surface area contributed by atoms with E-state index in [-0.39, 0.29) is 25.7 Å². The molecule has 0 spiro atoms. The first-order valence-corrected chi connectivity index (χ1v) is 9.08. The molecular formula is C20H19NO6. The molecule has 0 radical (unpaired) electrons. The minimum Gasteiger partial charge on any atom is -0.454 e. The molecule has 0 saturated heterocycles. The lowest BCUT2D eigenvalue weighted by molar-refractivity contribution is -0.141. The van der Waals surface area contributed by atoms with Gasteiger partial charge in [0.05, 0.1) is 6.04 Å². The van der Waals surface area contributed by atoms with Crippen LogP contribution in [0.2, 0.25) is 0 Å². The van der Waals surface area contributed by atoms with E-state index in [1.165, 1.54) is 5.56 Å². The zero-order chi connectivity index (χ0) is 18.1. The summed E-state index contributed by atoms with van der Waals surface area (Å²) in [5.41, 5.74) is 4.06. The topological polar surface area (TPSA) is 69.6 Å². The monoisotopic (exact) mass is 369 g/mol. The number of rotatable bonds is 1. The fourth-order valence-electron chi connectivity index (χ4n) is 4.52. The minimum absolute atomic E-state index is 0.0421. The van der Waals surface area contributed by atoms with E-state index in [1.54, 1.807) is 0 Å². The van der Waals surface area contributed by atoms with E-state index in [0.29, 0.717) is 11.5 Å². The Balaban J connectivity index is 1.47. The number of aliphatic hydroxyl groups is 1. The van der Waals surface area contributed by atoms with Gasteiger partial charge in [-0.3, -0.25) is 4.90 Å². The lowest BCUT2D eigenvalue weighted by atomic mass is 9.86. The summed E-state index contributed by atoms with van der Waals surface area (Å²) in [7, 11) is 2.08. The average Bonchev–Trinajstić information content (AvgIpc) is 3.37. The van der Waals surface area contributed by atoms with Gasteiger partial charge in [-0.05, 0) is 54.4 Å². The van der Waals surface area contributed by atoms with E-state index >= 15 is 0 Å². The van der Waals surface area contributed by atoms with Gasteiger partial charge in [0.2, 0.25) is 13.6 Å². The highest BCUT2D eigenvalue weighted by Gasteiger charge is 2.42. The first-order chi connectivity index (χ1) is 13.2. The molecule has 140 valence electrons. The Morgan fingerprint density at radius 1 is 0.852 bits per heavy atom. The van der Waals surface area contributed by atoms with Gasteiger partial charge in [0.1, 0.15) is 6.10 Å². The molecule has 4 heterocycles. The van der Waals surface area contributed by atoms with Gasteiger partial charge in [-0.15, -0.1) is 0 Å². The van der Waals surface area contributed by atoms with Crippen molar-refractivity contribution < 1.29 is 28.8 Å². The van der Waals surface area contributed by atoms with Gasteiger partial charge in [0.15, 0.2) is 29.3 Å². The molecule has 1 N–H and O–H groups in total. The number of likely N-dealkylation sites (N-methyl/N-ethyl adjacent to an activating group) is 1. The summed E-state index contributed by atoms with van der Waals surface area (Å²) in [6.45, 7) is 1.35. The largest absolute Gasteiger partial charge is 0.454 e. The fourth-order valence-corrected chi connectivity index (χ4v) is 4.52. The summed E-state index contributed by atoms with van der Waals surface area (Å²) in [4.78, 5) is 2.27. The smallest absolute Gasteiger partial charge is 0.231 e. The van der Waals surface area contributed by atoms with Gasteiger partial charge >= 0.3 is 0 Å². The van der Waals surface area contributed by atoms with Crippen molar-refractivity contribution in [2.24, 2.45) is 0 Å². The van der Waals surface area contributed by atoms with Crippen molar-refractivity contribution in [1.29, 1.82) is 0 Å². The molecule has 0 aromatic heterocycles. The Bertz CT molecular complexity index is 945. The lowest BCUT2D eigenvalue weighted by Gasteiger charge is -2.38. The Labute approximate surface area is 156 Å². The number of hydrogen-bond acceptors (Lipinski definition) is 7. The number of hydrogen-bond donors (Lipinski definition) is 1. The quantitative estimate of drug-likeness (QED) is 0.828. The standard InChI is InChI=1S/C20H19NO6/c1-21-3-2-10-4-14-15(24-8-23-14)5-11(10)18(21)19-12-6-16-17(26-9-25-16)7-13(12)20(22)27-19/h4-7,18-20,22H,2-3,8-9H2,1H3/t18-,19-,20-/m1/s1. The molecule has 0 amide bonds. The van der Waals surface area contributed by atoms with Crippen LogP contribution in [0.15, 0.2) is 24.3 Å². The van der Waals surface area contributed by atoms with E-state index in [0.717, 1.165) is 41.2 Å². The molecular weight excluding hydrogens is 350 g/mol. The Morgan fingerprint density at radius 3 is 2.15 bits per heavy atom. The predicted molar refractivity (Wildman–Crippen MR) is 93.0 cm³/mol. The van der Waals surface area contributed by atoms with Gasteiger partial charge in [0, 0.05) is 12.1 Å². The van der Waals surface area contributed by atoms with Crippen LogP contribution in [0.4, 0.5) is 0 Å². The van der Waals surface area contributed by atoms with E-state index in [1.807, 2.05) is 12.1 Å². The summed E-state index contributed by atoms with van der Waals surface area (Å²) in [5, 5.41) is 10.5. The van der Waals surface area contributed by atoms with Gasteiger partial charge in [-0.2, -0.15) is 0 Å². The highest BCUT2D eigenvalue weighted by Crippen LogP contribution is 2.52. The molecule has 0 fully saturated rings. The highest BCUT2D eigenvalue weighted by molar-refractivity contribution is 5.54. The third-order valence-corrected chi connectivity index (χ3v) is 5.87. The molecule has 27 heavy (non-hydrogen) atoms. The van der Waals surface area contributed by atoms with Gasteiger partial charge < -0.3 is 28.8 Å². The van der Waals surface area contributed by atoms with Gasteiger partial charge in [-0.25, -0.2) is 0 Å². The van der Waals surface area contributed by atoms with Gasteiger partial charge in [-0.1, -0.05) is 0 Å². The molecule has 2 aromatic carbocycles. The maximum atomic E-state index is 10.5. The zero-order valence-corrected chi connectivity index (χ0v) is 14.8. The first kappa shape index (κ1) is 15.6. The van der Waals surface area contributed by atoms with Crippen LogP contribution in [0.5, 0.6) is 23.0 Å². The molecule has 7 nitrogen and oxygen atoms in total. The second-order valence-corrected chi connectivity index (χ2v) is 7.32. The van der Waals surface area contributed by atoms with Crippen molar-refractivity contribution >= 4 is 0 Å². The molecule has 6 rings (SSSR count). The number of fused-ring (bicyclic) bond motifs is 4. The SMILES string of the molecule is CN1CCc2cc3c(cc2[C@@H]1[C@@H]1O[C@@H](O)c2cc4c(cc21)OCO4)OCO3. The summed E-state index contributed by atoms with van der Waals surface area (Å²) in [5.74, 6) is 2.91. The fraction of sp³-hybridized carbons (Fsp3) is 0.400. The minimum atomic E-state index is -0.979. The summed E-state index contributed by atoms with van der Waals surface area (Å²) in [6, 6.07) is 7.85. The molecule has 2 aromatic rings. The van der Waals surface area contributed by atoms with E-state index in [9.17, 15) is 5.11 Å². The van der Waals surface area contributed by atoms with Crippen molar-refractivity contribution in [3.63, 3.8) is 0 Å². The molecule has 0 unspecified atom stereocenters. The number of ether oxygens (including phenoxy) is 5. The van der Waals surface area contributed by atoms with Crippen LogP contribution in [0, 0.1) is 0 Å². The van der Waals surface area contributed by atoms with Gasteiger partial charge in [0.25, 0.3) is 0 Å². The maximum absolute atomic E-state index is 10.5. The third-order valence-electron chi connectivity index (χ3n) is 5.87. The van der Waals surface area contributed by atoms with Crippen molar-refractivity contribution in [3.8, 4) is 23.0 Å². The molecule has 4 aliphatic rings. The summed E-state index contributed by atoms with van der Waals surface area (Å²) in [6.07, 6.45) is -0.358. The maximum Gasteiger partial charge on any atom is 0.231 e. The van der Waals surface area contributed by atoms with Crippen LogP contribution in [0.1, 0.15) is 40.7 Å². The van der Waals surface area contributed by atoms with E-state index in [4.69, 9.17) is 23.7 Å². The average molecular weight is 369 g/mol. The summed E-state index contributed by atoms with van der Waals surface area (Å²) >= 11 is 0. The summed E-state index contributed by atoms with van der Waals surface area (Å²) < 4.78 is 28.2. The molecule has 7 heteroatoms. The Hall–Kier alpha value is -2.48. The van der Waals surface area contributed by atoms with Crippen molar-refractivity contribution in [2.75, 3.05) is 27.2 Å². The van der Waals surface area contributed by atoms with Crippen LogP contribution in [-0.4, -0.2) is 37.2 Å². The van der Waals surface area contributed by atoms with Crippen LogP contribution in [0.25, 0.3) is 0 Å². The normalized spacial score (nSPS) is 27.6. The van der Waals surface area contributed by atoms with Crippen LogP contribution in [0.3, 0.4) is 0 Å². The Morgan fingerprint density at radius 2 is 1.44 bits per heavy atom. The van der Waals surface area contributed by atoms with Crippen molar-refractivity contribution in [2.45, 2.75) is 24.9 Å². The molecule has 0 bridgehead atoms. The lowest BCUT2D eigenvalue weighted by Crippen LogP contribution is -2.35. The van der Waals surface area contributed by atoms with Crippen molar-refractivity contribution in [3.05, 3.63) is 46.5 Å². The highest BCUT2D eigenvalue weighted by atomic mass is 16.7. The zero-order valence-electron chi connectivity index (χ0n) is 14.8. The second kappa shape index (κ2) is 5.51. The van der Waals surface area contributed by atoms with Crippen LogP contribution >= 0.6 is 0 Å². The second-order valence-electron chi connectivity index (χ2n) is 7.32. The molecule has 0 aliphatic carbocycles. The van der Waals surface area contributed by atoms with E-state index < -0.39 is 6.29 Å². The number of benzene rings is 2. The number of nitrogens with zero attached hydrogens (tertiary/aromatic N) is 1. The van der Waals surface area contributed by atoms with Crippen LogP contribution in [-0.2, 0) is 11.2 Å². The number of aliphatic hydroxyl groups excluding tert-OH is 1. The van der Waals surface area contributed by atoms with Crippen LogP contribution < -0.4 is 18.9 Å². The molecule has 0 saturated carbocycles.